The molecular formula is C20H15FN4O3. The summed E-state index contributed by atoms with van der Waals surface area (Å²) >= 11 is 0. The Kier molecular flexibility index (Phi) is 4.28. The van der Waals surface area contributed by atoms with E-state index < -0.39 is 29.8 Å². The molecule has 0 spiro atoms. The van der Waals surface area contributed by atoms with Crippen molar-refractivity contribution in [1.29, 1.82) is 5.26 Å². The van der Waals surface area contributed by atoms with Crippen LogP contribution in [-0.4, -0.2) is 41.4 Å². The van der Waals surface area contributed by atoms with Crippen molar-refractivity contribution in [3.8, 4) is 6.07 Å². The monoisotopic (exact) mass is 378 g/mol. The number of hydrogen-bond donors (Lipinski definition) is 1. The van der Waals surface area contributed by atoms with Gasteiger partial charge in [0, 0.05) is 12.1 Å². The summed E-state index contributed by atoms with van der Waals surface area (Å²) in [5.74, 6) is -1.36. The third kappa shape index (κ3) is 2.87. The van der Waals surface area contributed by atoms with Gasteiger partial charge in [0.1, 0.15) is 11.9 Å². The molecule has 2 aromatic carbocycles. The topological polar surface area (TPSA) is 93.5 Å². The van der Waals surface area contributed by atoms with Crippen molar-refractivity contribution < 1.29 is 18.8 Å². The Balaban J connectivity index is 1.63. The van der Waals surface area contributed by atoms with Gasteiger partial charge in [0.05, 0.1) is 23.4 Å². The number of urea groups is 1. The highest BCUT2D eigenvalue weighted by Crippen LogP contribution is 2.29. The van der Waals surface area contributed by atoms with Crippen LogP contribution < -0.4 is 10.2 Å². The zero-order valence-electron chi connectivity index (χ0n) is 14.6. The van der Waals surface area contributed by atoms with Gasteiger partial charge >= 0.3 is 6.03 Å². The van der Waals surface area contributed by atoms with E-state index in [0.29, 0.717) is 24.1 Å². The first-order valence-corrected chi connectivity index (χ1v) is 8.71. The highest BCUT2D eigenvalue weighted by molar-refractivity contribution is 6.19. The van der Waals surface area contributed by atoms with Crippen molar-refractivity contribution in [2.45, 2.75) is 18.5 Å². The van der Waals surface area contributed by atoms with E-state index in [1.165, 1.54) is 41.3 Å². The number of carbonyl (C=O) groups is 3. The predicted octanol–water partition coefficient (Wildman–Crippen LogP) is 2.04. The number of imide groups is 1. The van der Waals surface area contributed by atoms with Crippen molar-refractivity contribution in [3.63, 3.8) is 0 Å². The Labute approximate surface area is 160 Å². The van der Waals surface area contributed by atoms with E-state index in [-0.39, 0.29) is 11.6 Å². The van der Waals surface area contributed by atoms with Gasteiger partial charge in [-0.15, -0.1) is 0 Å². The second-order valence-electron chi connectivity index (χ2n) is 6.63. The number of hydrogen-bond acceptors (Lipinski definition) is 4. The molecular weight excluding hydrogens is 363 g/mol. The maximum Gasteiger partial charge on any atom is 0.329 e. The Morgan fingerprint density at radius 2 is 1.79 bits per heavy atom. The van der Waals surface area contributed by atoms with Crippen LogP contribution in [0, 0.1) is 17.1 Å². The van der Waals surface area contributed by atoms with Gasteiger partial charge in [-0.25, -0.2) is 14.1 Å². The van der Waals surface area contributed by atoms with E-state index in [1.807, 2.05) is 6.07 Å². The lowest BCUT2D eigenvalue weighted by Crippen LogP contribution is -2.65. The molecule has 2 saturated heterocycles. The van der Waals surface area contributed by atoms with E-state index in [1.54, 1.807) is 0 Å². The third-order valence-electron chi connectivity index (χ3n) is 4.99. The van der Waals surface area contributed by atoms with Crippen molar-refractivity contribution in [2.75, 3.05) is 11.4 Å². The molecule has 0 bridgehead atoms. The highest BCUT2D eigenvalue weighted by atomic mass is 19.1. The average Bonchev–Trinajstić information content (AvgIpc) is 3.13. The maximum atomic E-state index is 13.2. The van der Waals surface area contributed by atoms with Crippen molar-refractivity contribution >= 4 is 23.5 Å². The van der Waals surface area contributed by atoms with Gasteiger partial charge in [-0.2, -0.15) is 5.26 Å². The Bertz CT molecular complexity index is 998. The fourth-order valence-electron chi connectivity index (χ4n) is 3.62. The van der Waals surface area contributed by atoms with Gasteiger partial charge in [0.15, 0.2) is 0 Å². The minimum atomic E-state index is -0.842. The molecule has 2 atom stereocenters. The molecule has 0 aliphatic carbocycles. The number of nitrogens with zero attached hydrogens (tertiary/aromatic N) is 3. The Morgan fingerprint density at radius 1 is 1.11 bits per heavy atom. The fraction of sp³-hybridized carbons (Fsp3) is 0.200. The van der Waals surface area contributed by atoms with Crippen LogP contribution in [0.25, 0.3) is 0 Å². The Hall–Kier alpha value is -3.73. The summed E-state index contributed by atoms with van der Waals surface area (Å²) in [5.41, 5.74) is 1.03. The van der Waals surface area contributed by atoms with Crippen molar-refractivity contribution in [3.05, 3.63) is 65.5 Å². The van der Waals surface area contributed by atoms with Crippen LogP contribution in [0.3, 0.4) is 0 Å². The molecule has 0 radical (unpaired) electrons. The highest BCUT2D eigenvalue weighted by Gasteiger charge is 2.50. The van der Waals surface area contributed by atoms with E-state index >= 15 is 0 Å². The van der Waals surface area contributed by atoms with Gasteiger partial charge in [-0.05, 0) is 55.0 Å². The van der Waals surface area contributed by atoms with Crippen LogP contribution in [0.2, 0.25) is 0 Å². The average molecular weight is 378 g/mol. The minimum Gasteiger partial charge on any atom is -0.332 e. The van der Waals surface area contributed by atoms with Crippen LogP contribution in [0.1, 0.15) is 22.3 Å². The van der Waals surface area contributed by atoms with Crippen molar-refractivity contribution in [2.24, 2.45) is 0 Å². The molecule has 0 saturated carbocycles. The van der Waals surface area contributed by atoms with Gasteiger partial charge in [0.25, 0.3) is 11.8 Å². The lowest BCUT2D eigenvalue weighted by atomic mass is 10.0. The summed E-state index contributed by atoms with van der Waals surface area (Å²) in [5, 5.41) is 11.6. The summed E-state index contributed by atoms with van der Waals surface area (Å²) in [6.45, 7) is 0.317. The Morgan fingerprint density at radius 3 is 2.43 bits per heavy atom. The molecule has 4 rings (SSSR count). The normalized spacial score (nSPS) is 21.1. The molecule has 140 valence electrons. The van der Waals surface area contributed by atoms with Gasteiger partial charge in [-0.1, -0.05) is 0 Å². The predicted molar refractivity (Wildman–Crippen MR) is 96.8 cm³/mol. The largest absolute Gasteiger partial charge is 0.332 e. The summed E-state index contributed by atoms with van der Waals surface area (Å²) in [7, 11) is 0. The quantitative estimate of drug-likeness (QED) is 0.865. The smallest absolute Gasteiger partial charge is 0.329 e. The number of nitriles is 1. The van der Waals surface area contributed by atoms with Crippen molar-refractivity contribution in [1.82, 2.24) is 10.2 Å². The zero-order chi connectivity index (χ0) is 19.8. The molecule has 2 aromatic rings. The number of carbonyl (C=O) groups excluding carboxylic acids is 3. The van der Waals surface area contributed by atoms with E-state index in [0.717, 1.165) is 17.0 Å². The molecule has 2 fully saturated rings. The third-order valence-corrected chi connectivity index (χ3v) is 4.99. The second kappa shape index (κ2) is 6.78. The van der Waals surface area contributed by atoms with E-state index in [4.69, 9.17) is 5.26 Å². The molecule has 28 heavy (non-hydrogen) atoms. The maximum absolute atomic E-state index is 13.2. The molecule has 0 unspecified atom stereocenters. The lowest BCUT2D eigenvalue weighted by Gasteiger charge is -2.36. The number of halogens is 1. The first-order chi connectivity index (χ1) is 13.5. The number of anilines is 1. The summed E-state index contributed by atoms with van der Waals surface area (Å²) < 4.78 is 13.2. The van der Waals surface area contributed by atoms with Gasteiger partial charge in [-0.3, -0.25) is 9.59 Å². The number of nitrogens with one attached hydrogen (secondary N) is 1. The van der Waals surface area contributed by atoms with Crippen LogP contribution in [0.5, 0.6) is 0 Å². The van der Waals surface area contributed by atoms with Gasteiger partial charge in [0.2, 0.25) is 0 Å². The van der Waals surface area contributed by atoms with Crippen LogP contribution in [-0.2, 0) is 4.79 Å². The minimum absolute atomic E-state index is 0.236. The first-order valence-electron chi connectivity index (χ1n) is 8.71. The molecule has 2 aliphatic rings. The van der Waals surface area contributed by atoms with Crippen LogP contribution in [0.15, 0.2) is 48.5 Å². The number of amides is 4. The number of rotatable bonds is 2. The molecule has 2 aliphatic heterocycles. The summed E-state index contributed by atoms with van der Waals surface area (Å²) in [6.07, 6.45) is 0.460. The molecule has 8 heteroatoms. The van der Waals surface area contributed by atoms with Gasteiger partial charge < -0.3 is 10.2 Å². The van der Waals surface area contributed by atoms with E-state index in [2.05, 4.69) is 5.32 Å². The van der Waals surface area contributed by atoms with Crippen LogP contribution >= 0.6 is 0 Å². The lowest BCUT2D eigenvalue weighted by molar-refractivity contribution is -0.122. The molecule has 4 amide bonds. The van der Waals surface area contributed by atoms with Crippen LogP contribution in [0.4, 0.5) is 14.9 Å². The number of likely N-dealkylation sites (tertiary alicyclic amines) is 1. The summed E-state index contributed by atoms with van der Waals surface area (Å²) in [4.78, 5) is 40.8. The zero-order valence-corrected chi connectivity index (χ0v) is 14.6. The molecule has 7 nitrogen and oxygen atoms in total. The molecule has 0 aromatic heterocycles. The number of fused-ring (bicyclic) bond motifs is 1. The fourth-order valence-corrected chi connectivity index (χ4v) is 3.62. The molecule has 1 N–H and O–H groups in total. The SMILES string of the molecule is N#Cc1ccc(C(=O)N2CC[C@@H]3NC(=O)N(c4ccc(F)cc4)C(=O)[C@H]32)cc1. The number of benzene rings is 2. The van der Waals surface area contributed by atoms with E-state index in [9.17, 15) is 18.8 Å². The standard InChI is InChI=1S/C20H15FN4O3/c21-14-5-7-15(8-6-14)25-19(27)17-16(23-20(25)28)9-10-24(17)18(26)13-3-1-12(11-22)2-4-13/h1-8,16-17H,9-10H2,(H,23,28)/t16-,17-/m0/s1. The molecule has 2 heterocycles. The summed E-state index contributed by atoms with van der Waals surface area (Å²) in [6, 6.07) is 11.2. The second-order valence-corrected chi connectivity index (χ2v) is 6.63. The first kappa shape index (κ1) is 17.7.